The summed E-state index contributed by atoms with van der Waals surface area (Å²) >= 11 is 3.51. The number of rotatable bonds is 7. The molecule has 1 heterocycles. The Kier molecular flexibility index (Phi) is 5.19. The van der Waals surface area contributed by atoms with E-state index >= 15 is 0 Å². The van der Waals surface area contributed by atoms with Gasteiger partial charge in [-0.25, -0.2) is 4.98 Å². The highest BCUT2D eigenvalue weighted by atomic mass is 79.9. The van der Waals surface area contributed by atoms with Crippen molar-refractivity contribution < 1.29 is 4.79 Å². The Labute approximate surface area is 183 Å². The molecule has 0 radical (unpaired) electrons. The van der Waals surface area contributed by atoms with Crippen molar-refractivity contribution in [2.75, 3.05) is 0 Å². The molecule has 2 fully saturated rings. The van der Waals surface area contributed by atoms with E-state index in [0.29, 0.717) is 30.8 Å². The molecule has 0 bridgehead atoms. The number of nitrogens with zero attached hydrogens (tertiary/aromatic N) is 3. The van der Waals surface area contributed by atoms with E-state index in [1.54, 1.807) is 0 Å². The zero-order valence-corrected chi connectivity index (χ0v) is 18.3. The topological polar surface area (TPSA) is 55.2 Å². The van der Waals surface area contributed by atoms with Gasteiger partial charge < -0.3 is 4.90 Å². The molecule has 6 heteroatoms. The summed E-state index contributed by atoms with van der Waals surface area (Å²) in [5.41, 5.74) is 1.87. The smallest absolute Gasteiger partial charge is 0.261 e. The molecule has 0 spiro atoms. The van der Waals surface area contributed by atoms with Crippen molar-refractivity contribution in [2.45, 2.75) is 57.2 Å². The molecule has 3 aromatic rings. The third-order valence-corrected chi connectivity index (χ3v) is 6.40. The van der Waals surface area contributed by atoms with Gasteiger partial charge in [0.15, 0.2) is 0 Å². The summed E-state index contributed by atoms with van der Waals surface area (Å²) in [4.78, 5) is 32.9. The van der Waals surface area contributed by atoms with Crippen LogP contribution in [0.1, 0.15) is 49.5 Å². The van der Waals surface area contributed by atoms with E-state index in [-0.39, 0.29) is 17.5 Å². The van der Waals surface area contributed by atoms with Crippen molar-refractivity contribution in [1.82, 2.24) is 14.5 Å². The third-order valence-electron chi connectivity index (χ3n) is 5.91. The molecule has 2 aromatic carbocycles. The lowest BCUT2D eigenvalue weighted by molar-refractivity contribution is -0.132. The normalized spacial score (nSPS) is 16.0. The second-order valence-electron chi connectivity index (χ2n) is 8.33. The van der Waals surface area contributed by atoms with Gasteiger partial charge in [-0.1, -0.05) is 40.2 Å². The number of aryl methyl sites for hydroxylation is 1. The summed E-state index contributed by atoms with van der Waals surface area (Å²) in [5, 5.41) is 0.661. The molecule has 0 aliphatic heterocycles. The number of amides is 1. The Morgan fingerprint density at radius 2 is 1.90 bits per heavy atom. The molecule has 5 nitrogen and oxygen atoms in total. The maximum Gasteiger partial charge on any atom is 0.261 e. The van der Waals surface area contributed by atoms with Gasteiger partial charge in [0.25, 0.3) is 5.56 Å². The zero-order chi connectivity index (χ0) is 20.7. The van der Waals surface area contributed by atoms with Gasteiger partial charge in [-0.3, -0.25) is 14.2 Å². The van der Waals surface area contributed by atoms with Crippen LogP contribution in [0.15, 0.2) is 57.8 Å². The first-order valence-corrected chi connectivity index (χ1v) is 11.4. The summed E-state index contributed by atoms with van der Waals surface area (Å²) < 4.78 is 2.86. The summed E-state index contributed by atoms with van der Waals surface area (Å²) in [6.45, 7) is 0.628. The number of carbonyl (C=O) groups excluding carboxylic acids is 1. The molecular formula is C24H24BrN3O2. The number of halogens is 1. The van der Waals surface area contributed by atoms with E-state index in [0.717, 1.165) is 47.1 Å². The lowest BCUT2D eigenvalue weighted by Gasteiger charge is -2.23. The van der Waals surface area contributed by atoms with Crippen LogP contribution >= 0.6 is 15.9 Å². The number of hydrogen-bond acceptors (Lipinski definition) is 3. The van der Waals surface area contributed by atoms with Gasteiger partial charge in [0.05, 0.1) is 10.9 Å². The fraction of sp³-hybridized carbons (Fsp3) is 0.375. The van der Waals surface area contributed by atoms with Gasteiger partial charge in [-0.15, -0.1) is 0 Å². The van der Waals surface area contributed by atoms with Gasteiger partial charge >= 0.3 is 0 Å². The Morgan fingerprint density at radius 1 is 1.10 bits per heavy atom. The highest BCUT2D eigenvalue weighted by Crippen LogP contribution is 2.35. The van der Waals surface area contributed by atoms with Crippen LogP contribution in [0.2, 0.25) is 0 Å². The van der Waals surface area contributed by atoms with Crippen LogP contribution < -0.4 is 5.56 Å². The Bertz CT molecular complexity index is 1160. The van der Waals surface area contributed by atoms with E-state index in [2.05, 4.69) is 28.1 Å². The van der Waals surface area contributed by atoms with Crippen LogP contribution in [0.3, 0.4) is 0 Å². The molecule has 1 aromatic heterocycles. The van der Waals surface area contributed by atoms with E-state index < -0.39 is 0 Å². The average Bonchev–Trinajstić information content (AvgIpc) is 3.64. The predicted molar refractivity (Wildman–Crippen MR) is 120 cm³/mol. The maximum atomic E-state index is 13.1. The van der Waals surface area contributed by atoms with Crippen LogP contribution in [0.4, 0.5) is 0 Å². The third kappa shape index (κ3) is 4.06. The number of para-hydroxylation sites is 1. The molecule has 5 rings (SSSR count). The van der Waals surface area contributed by atoms with E-state index in [4.69, 9.17) is 4.98 Å². The van der Waals surface area contributed by atoms with Gasteiger partial charge in [0.2, 0.25) is 5.91 Å². The van der Waals surface area contributed by atoms with Crippen LogP contribution in [0.25, 0.3) is 10.9 Å². The van der Waals surface area contributed by atoms with E-state index in [9.17, 15) is 9.59 Å². The van der Waals surface area contributed by atoms with Gasteiger partial charge in [0, 0.05) is 35.9 Å². The summed E-state index contributed by atoms with van der Waals surface area (Å²) in [6, 6.07) is 16.2. The second-order valence-corrected chi connectivity index (χ2v) is 9.25. The first kappa shape index (κ1) is 19.5. The van der Waals surface area contributed by atoms with Crippen LogP contribution in [0, 0.1) is 0 Å². The quantitative estimate of drug-likeness (QED) is 0.511. The van der Waals surface area contributed by atoms with Crippen molar-refractivity contribution in [3.63, 3.8) is 0 Å². The molecule has 30 heavy (non-hydrogen) atoms. The Hall–Kier alpha value is -2.47. The molecule has 0 atom stereocenters. The molecule has 1 amide bonds. The summed E-state index contributed by atoms with van der Waals surface area (Å²) in [7, 11) is 0. The first-order chi connectivity index (χ1) is 14.6. The van der Waals surface area contributed by atoms with Gasteiger partial charge in [0.1, 0.15) is 5.82 Å². The van der Waals surface area contributed by atoms with Crippen molar-refractivity contribution in [3.05, 3.63) is 74.7 Å². The monoisotopic (exact) mass is 465 g/mol. The molecule has 154 valence electrons. The Balaban J connectivity index is 1.37. The van der Waals surface area contributed by atoms with E-state index in [1.165, 1.54) is 0 Å². The largest absolute Gasteiger partial charge is 0.335 e. The van der Waals surface area contributed by atoms with Gasteiger partial charge in [-0.2, -0.15) is 0 Å². The first-order valence-electron chi connectivity index (χ1n) is 10.6. The van der Waals surface area contributed by atoms with Crippen LogP contribution in [-0.2, 0) is 17.8 Å². The number of hydrogen-bond donors (Lipinski definition) is 0. The molecular weight excluding hydrogens is 442 g/mol. The maximum absolute atomic E-state index is 13.1. The lowest BCUT2D eigenvalue weighted by atomic mass is 10.1. The summed E-state index contributed by atoms with van der Waals surface area (Å²) in [5.74, 6) is 0.884. The minimum absolute atomic E-state index is 0.0266. The highest BCUT2D eigenvalue weighted by Gasteiger charge is 2.33. The van der Waals surface area contributed by atoms with Crippen molar-refractivity contribution in [2.24, 2.45) is 0 Å². The minimum atomic E-state index is 0.0266. The molecule has 0 saturated heterocycles. The number of benzene rings is 2. The lowest BCUT2D eigenvalue weighted by Crippen LogP contribution is -2.33. The molecule has 0 N–H and O–H groups in total. The standard InChI is InChI=1S/C24H24BrN3O2/c25-17-5-3-4-16(14-17)15-27(18-8-9-18)23(29)13-12-22-26-21-7-2-1-6-20(21)24(30)28(22)19-10-11-19/h1-7,14,18-19H,8-13,15H2. The van der Waals surface area contributed by atoms with Gasteiger partial charge in [-0.05, 0) is 55.5 Å². The zero-order valence-electron chi connectivity index (χ0n) is 16.8. The molecule has 0 unspecified atom stereocenters. The van der Waals surface area contributed by atoms with E-state index in [1.807, 2.05) is 45.9 Å². The predicted octanol–water partition coefficient (Wildman–Crippen LogP) is 4.62. The fourth-order valence-corrected chi connectivity index (χ4v) is 4.53. The second kappa shape index (κ2) is 7.99. The fourth-order valence-electron chi connectivity index (χ4n) is 4.08. The highest BCUT2D eigenvalue weighted by molar-refractivity contribution is 9.10. The number of aromatic nitrogens is 2. The molecule has 2 aliphatic carbocycles. The Morgan fingerprint density at radius 3 is 2.63 bits per heavy atom. The van der Waals surface area contributed by atoms with Crippen molar-refractivity contribution in [3.8, 4) is 0 Å². The van der Waals surface area contributed by atoms with Crippen molar-refractivity contribution >= 4 is 32.7 Å². The number of fused-ring (bicyclic) bond motifs is 1. The molecule has 2 aliphatic rings. The average molecular weight is 466 g/mol. The molecule has 2 saturated carbocycles. The van der Waals surface area contributed by atoms with Crippen LogP contribution in [0.5, 0.6) is 0 Å². The van der Waals surface area contributed by atoms with Crippen LogP contribution in [-0.4, -0.2) is 26.4 Å². The minimum Gasteiger partial charge on any atom is -0.335 e. The van der Waals surface area contributed by atoms with Crippen molar-refractivity contribution in [1.29, 1.82) is 0 Å². The number of carbonyl (C=O) groups is 1. The SMILES string of the molecule is O=C(CCc1nc2ccccc2c(=O)n1C1CC1)N(Cc1cccc(Br)c1)C1CC1. The summed E-state index contributed by atoms with van der Waals surface area (Å²) in [6.07, 6.45) is 5.04.